The topological polar surface area (TPSA) is 95.9 Å². The molecule has 206 valence electrons. The number of ether oxygens (including phenoxy) is 1. The molecule has 0 aromatic heterocycles. The first-order valence-corrected chi connectivity index (χ1v) is 14.3. The number of carboxylic acids is 1. The molecule has 2 amide bonds. The lowest BCUT2D eigenvalue weighted by molar-refractivity contribution is -0.147. The van der Waals surface area contributed by atoms with Crippen LogP contribution in [0.25, 0.3) is 6.08 Å². The summed E-state index contributed by atoms with van der Waals surface area (Å²) in [6.07, 6.45) is 8.82. The molecule has 1 unspecified atom stereocenters. The summed E-state index contributed by atoms with van der Waals surface area (Å²) < 4.78 is 5.41. The predicted octanol–water partition coefficient (Wildman–Crippen LogP) is 5.94. The number of methoxy groups -OCH3 is 1. The number of para-hydroxylation sites is 1. The highest BCUT2D eigenvalue weighted by molar-refractivity contribution is 7.99. The van der Waals surface area contributed by atoms with Crippen LogP contribution in [0.1, 0.15) is 31.2 Å². The molecule has 0 spiro atoms. The van der Waals surface area contributed by atoms with Crippen LogP contribution in [0.2, 0.25) is 10.0 Å². The fourth-order valence-corrected chi connectivity index (χ4v) is 6.31. The minimum absolute atomic E-state index is 0.0904. The molecule has 1 heterocycles. The van der Waals surface area contributed by atoms with E-state index >= 15 is 0 Å². The predicted molar refractivity (Wildman–Crippen MR) is 153 cm³/mol. The molecule has 1 aliphatic heterocycles. The number of nitrogens with zero attached hydrogens (tertiary/aromatic N) is 1. The van der Waals surface area contributed by atoms with E-state index in [0.29, 0.717) is 54.4 Å². The number of amides is 2. The smallest absolute Gasteiger partial charge is 0.307 e. The van der Waals surface area contributed by atoms with Gasteiger partial charge in [0.05, 0.1) is 33.9 Å². The molecule has 7 nitrogen and oxygen atoms in total. The summed E-state index contributed by atoms with van der Waals surface area (Å²) in [5.74, 6) is -1.85. The second kappa shape index (κ2) is 13.4. The summed E-state index contributed by atoms with van der Waals surface area (Å²) in [5.41, 5.74) is 0.635. The molecule has 0 bridgehead atoms. The number of nitrogens with one attached hydrogen (secondary N) is 1. The van der Waals surface area contributed by atoms with E-state index < -0.39 is 17.8 Å². The Hall–Kier alpha value is -2.94. The van der Waals surface area contributed by atoms with Gasteiger partial charge in [-0.2, -0.15) is 0 Å². The molecule has 39 heavy (non-hydrogen) atoms. The lowest BCUT2D eigenvalue weighted by atomic mass is 9.82. The van der Waals surface area contributed by atoms with Crippen molar-refractivity contribution >= 4 is 58.8 Å². The zero-order chi connectivity index (χ0) is 27.9. The Balaban J connectivity index is 1.31. The molecular formula is C29H30Cl2N2O5S. The van der Waals surface area contributed by atoms with Crippen LogP contribution in [0, 0.1) is 11.8 Å². The number of carbonyl (C=O) groups excluding carboxylic acids is 2. The van der Waals surface area contributed by atoms with Crippen molar-refractivity contribution in [3.63, 3.8) is 0 Å². The van der Waals surface area contributed by atoms with E-state index in [2.05, 4.69) is 5.32 Å². The first-order chi connectivity index (χ1) is 18.8. The Bertz CT molecular complexity index is 1290. The lowest BCUT2D eigenvalue weighted by Crippen LogP contribution is -2.49. The Morgan fingerprint density at radius 2 is 1.69 bits per heavy atom. The summed E-state index contributed by atoms with van der Waals surface area (Å²) in [4.78, 5) is 40.5. The van der Waals surface area contributed by atoms with Crippen molar-refractivity contribution in [2.75, 3.05) is 20.2 Å². The van der Waals surface area contributed by atoms with Gasteiger partial charge >= 0.3 is 5.97 Å². The van der Waals surface area contributed by atoms with E-state index in [1.54, 1.807) is 18.1 Å². The van der Waals surface area contributed by atoms with Gasteiger partial charge in [0.25, 0.3) is 0 Å². The molecule has 2 aromatic carbocycles. The number of carbonyl (C=O) groups is 3. The zero-order valence-electron chi connectivity index (χ0n) is 21.4. The third-order valence-electron chi connectivity index (χ3n) is 7.01. The molecule has 4 rings (SSSR count). The third-order valence-corrected chi connectivity index (χ3v) is 9.14. The van der Waals surface area contributed by atoms with Crippen LogP contribution in [-0.2, 0) is 14.4 Å². The van der Waals surface area contributed by atoms with Crippen LogP contribution in [0.5, 0.6) is 5.75 Å². The Labute approximate surface area is 242 Å². The van der Waals surface area contributed by atoms with Gasteiger partial charge in [0.2, 0.25) is 11.8 Å². The number of halogens is 2. The Kier molecular flexibility index (Phi) is 9.99. The van der Waals surface area contributed by atoms with Crippen molar-refractivity contribution < 1.29 is 24.2 Å². The van der Waals surface area contributed by atoms with Gasteiger partial charge in [0.15, 0.2) is 0 Å². The molecule has 0 saturated carbocycles. The van der Waals surface area contributed by atoms with Gasteiger partial charge in [-0.1, -0.05) is 65.3 Å². The molecule has 1 saturated heterocycles. The van der Waals surface area contributed by atoms with Crippen LogP contribution in [-0.4, -0.2) is 54.0 Å². The quantitative estimate of drug-likeness (QED) is 0.292. The van der Waals surface area contributed by atoms with E-state index in [1.165, 1.54) is 17.8 Å². The average molecular weight is 590 g/mol. The lowest BCUT2D eigenvalue weighted by Gasteiger charge is -2.33. The van der Waals surface area contributed by atoms with Gasteiger partial charge in [-0.15, -0.1) is 0 Å². The van der Waals surface area contributed by atoms with Crippen LogP contribution in [0.3, 0.4) is 0 Å². The van der Waals surface area contributed by atoms with Gasteiger partial charge in [-0.25, -0.2) is 0 Å². The Morgan fingerprint density at radius 3 is 2.38 bits per heavy atom. The first-order valence-electron chi connectivity index (χ1n) is 12.7. The summed E-state index contributed by atoms with van der Waals surface area (Å²) >= 11 is 14.5. The van der Waals surface area contributed by atoms with Crippen LogP contribution < -0.4 is 10.1 Å². The summed E-state index contributed by atoms with van der Waals surface area (Å²) in [5, 5.41) is 13.2. The average Bonchev–Trinajstić information content (AvgIpc) is 2.95. The number of carboxylic acid groups (broad SMARTS) is 1. The first kappa shape index (κ1) is 29.1. The molecule has 1 fully saturated rings. The zero-order valence-corrected chi connectivity index (χ0v) is 23.8. The minimum Gasteiger partial charge on any atom is -0.496 e. The molecule has 0 radical (unpaired) electrons. The number of hydrogen-bond acceptors (Lipinski definition) is 5. The number of aliphatic carboxylic acids is 1. The van der Waals surface area contributed by atoms with Crippen molar-refractivity contribution in [3.8, 4) is 5.75 Å². The number of hydrogen-bond donors (Lipinski definition) is 2. The summed E-state index contributed by atoms with van der Waals surface area (Å²) in [7, 11) is 1.61. The van der Waals surface area contributed by atoms with Gasteiger partial charge in [-0.05, 0) is 55.5 Å². The van der Waals surface area contributed by atoms with Crippen molar-refractivity contribution in [2.24, 2.45) is 11.8 Å². The monoisotopic (exact) mass is 588 g/mol. The number of rotatable bonds is 8. The molecule has 1 aliphatic carbocycles. The van der Waals surface area contributed by atoms with Crippen molar-refractivity contribution in [1.82, 2.24) is 10.2 Å². The van der Waals surface area contributed by atoms with Crippen molar-refractivity contribution in [3.05, 3.63) is 70.2 Å². The molecule has 10 heteroatoms. The molecule has 2 atom stereocenters. The second-order valence-electron chi connectivity index (χ2n) is 9.47. The standard InChI is InChI=1S/C29H30Cl2N2O5S/c1-38-22-8-4-5-9-23(22)39-24-12-10-18(26(30)27(24)31)11-13-25(34)33-16-14-19(15-17-33)32-28(35)20-6-2-3-7-21(20)29(36)37/h2-5,8-13,19-21H,6-7,14-17H2,1H3,(H,32,35)(H,36,37)/b13-11+/t20-,21?/m0/s1. The third kappa shape index (κ3) is 7.18. The maximum Gasteiger partial charge on any atom is 0.307 e. The summed E-state index contributed by atoms with van der Waals surface area (Å²) in [6, 6.07) is 11.2. The molecule has 2 N–H and O–H groups in total. The molecular weight excluding hydrogens is 559 g/mol. The summed E-state index contributed by atoms with van der Waals surface area (Å²) in [6.45, 7) is 0.980. The SMILES string of the molecule is COc1ccccc1Sc1ccc(/C=C/C(=O)N2CCC(NC(=O)[C@H]3CC=CCC3C(=O)O)CC2)c(Cl)c1Cl. The highest BCUT2D eigenvalue weighted by Gasteiger charge is 2.35. The highest BCUT2D eigenvalue weighted by atomic mass is 35.5. The molecule has 2 aliphatic rings. The van der Waals surface area contributed by atoms with Crippen LogP contribution >= 0.6 is 35.0 Å². The maximum atomic E-state index is 12.8. The van der Waals surface area contributed by atoms with E-state index in [0.717, 1.165) is 15.5 Å². The number of allylic oxidation sites excluding steroid dienone is 2. The van der Waals surface area contributed by atoms with Gasteiger partial charge in [0.1, 0.15) is 5.75 Å². The number of piperidine rings is 1. The van der Waals surface area contributed by atoms with E-state index in [1.807, 2.05) is 48.6 Å². The van der Waals surface area contributed by atoms with Crippen molar-refractivity contribution in [2.45, 2.75) is 41.5 Å². The van der Waals surface area contributed by atoms with Gasteiger partial charge in [0, 0.05) is 30.1 Å². The second-order valence-corrected chi connectivity index (χ2v) is 11.3. The highest BCUT2D eigenvalue weighted by Crippen LogP contribution is 2.42. The van der Waals surface area contributed by atoms with Crippen molar-refractivity contribution in [1.29, 1.82) is 0 Å². The number of likely N-dealkylation sites (tertiary alicyclic amines) is 1. The minimum atomic E-state index is -0.946. The molecule has 2 aromatic rings. The fraction of sp³-hybridized carbons (Fsp3) is 0.345. The van der Waals surface area contributed by atoms with Gasteiger partial charge < -0.3 is 20.1 Å². The van der Waals surface area contributed by atoms with E-state index in [4.69, 9.17) is 27.9 Å². The largest absolute Gasteiger partial charge is 0.496 e. The van der Waals surface area contributed by atoms with E-state index in [9.17, 15) is 19.5 Å². The van der Waals surface area contributed by atoms with Crippen LogP contribution in [0.4, 0.5) is 0 Å². The van der Waals surface area contributed by atoms with E-state index in [-0.39, 0.29) is 17.9 Å². The fourth-order valence-electron chi connectivity index (χ4n) is 4.77. The Morgan fingerprint density at radius 1 is 1.00 bits per heavy atom. The number of benzene rings is 2. The van der Waals surface area contributed by atoms with Crippen LogP contribution in [0.15, 0.2) is 64.4 Å². The normalized spacial score (nSPS) is 19.7. The maximum absolute atomic E-state index is 12.8. The van der Waals surface area contributed by atoms with Gasteiger partial charge in [-0.3, -0.25) is 14.4 Å².